The van der Waals surface area contributed by atoms with Crippen LogP contribution in [0.4, 0.5) is 0 Å². The Hall–Kier alpha value is -2.32. The number of rotatable bonds is 10. The van der Waals surface area contributed by atoms with Crippen LogP contribution < -0.4 is 0 Å². The molecular formula is C29H38N2O2S. The Bertz CT molecular complexity index is 1020. The van der Waals surface area contributed by atoms with Gasteiger partial charge in [-0.25, -0.2) is 9.97 Å². The first-order valence-electron chi connectivity index (χ1n) is 12.8. The zero-order valence-electron chi connectivity index (χ0n) is 21.2. The number of hydrogen-bond donors (Lipinski definition) is 0. The molecule has 0 aliphatic carbocycles. The van der Waals surface area contributed by atoms with Gasteiger partial charge in [-0.05, 0) is 73.5 Å². The highest BCUT2D eigenvalue weighted by Crippen LogP contribution is 2.47. The first-order chi connectivity index (χ1) is 16.5. The fourth-order valence-corrected chi connectivity index (χ4v) is 6.06. The second-order valence-electron chi connectivity index (χ2n) is 9.02. The van der Waals surface area contributed by atoms with Gasteiger partial charge in [0.15, 0.2) is 0 Å². The normalized spacial score (nSPS) is 14.1. The number of fused-ring (bicyclic) bond motifs is 1. The Kier molecular flexibility index (Phi) is 10.0. The quantitative estimate of drug-likeness (QED) is 0.217. The van der Waals surface area contributed by atoms with Crippen molar-refractivity contribution in [2.45, 2.75) is 95.8 Å². The van der Waals surface area contributed by atoms with E-state index in [2.05, 4.69) is 54.7 Å². The lowest BCUT2D eigenvalue weighted by molar-refractivity contribution is -0.142. The summed E-state index contributed by atoms with van der Waals surface area (Å²) in [6, 6.07) is 4.81. The van der Waals surface area contributed by atoms with Crippen molar-refractivity contribution in [1.82, 2.24) is 9.97 Å². The lowest BCUT2D eigenvalue weighted by Gasteiger charge is -2.38. The largest absolute Gasteiger partial charge is 0.466 e. The van der Waals surface area contributed by atoms with Crippen molar-refractivity contribution in [2.75, 3.05) is 12.4 Å². The average Bonchev–Trinajstić information content (AvgIpc) is 2.86. The second-order valence-corrected chi connectivity index (χ2v) is 10.2. The molecule has 0 spiro atoms. The molecule has 0 saturated carbocycles. The van der Waals surface area contributed by atoms with E-state index in [1.807, 2.05) is 11.8 Å². The highest BCUT2D eigenvalue weighted by atomic mass is 32.2. The number of thioether (sulfide) groups is 1. The van der Waals surface area contributed by atoms with Gasteiger partial charge < -0.3 is 4.74 Å². The molecule has 182 valence electrons. The third kappa shape index (κ3) is 6.63. The van der Waals surface area contributed by atoms with Crippen LogP contribution in [0.15, 0.2) is 29.4 Å². The molecule has 2 aromatic rings. The summed E-state index contributed by atoms with van der Waals surface area (Å²) in [5, 5.41) is 0. The average molecular weight is 479 g/mol. The van der Waals surface area contributed by atoms with Crippen LogP contribution in [0.2, 0.25) is 0 Å². The highest BCUT2D eigenvalue weighted by molar-refractivity contribution is 7.99. The molecule has 0 saturated heterocycles. The van der Waals surface area contributed by atoms with Crippen LogP contribution in [0.3, 0.4) is 0 Å². The Balaban J connectivity index is 1.90. The van der Waals surface area contributed by atoms with Gasteiger partial charge in [0.2, 0.25) is 0 Å². The monoisotopic (exact) mass is 478 g/mol. The van der Waals surface area contributed by atoms with Crippen LogP contribution in [0.1, 0.15) is 101 Å². The van der Waals surface area contributed by atoms with E-state index in [1.165, 1.54) is 53.9 Å². The summed E-state index contributed by atoms with van der Waals surface area (Å²) in [7, 11) is 0. The minimum atomic E-state index is -0.309. The summed E-state index contributed by atoms with van der Waals surface area (Å²) >= 11 is 2.01. The van der Waals surface area contributed by atoms with E-state index in [4.69, 9.17) is 4.74 Å². The molecule has 0 atom stereocenters. The number of carbonyl (C=O) groups is 1. The Morgan fingerprint density at radius 2 is 1.82 bits per heavy atom. The van der Waals surface area contributed by atoms with Gasteiger partial charge in [-0.3, -0.25) is 4.79 Å². The van der Waals surface area contributed by atoms with Gasteiger partial charge in [-0.15, -0.1) is 11.8 Å². The summed E-state index contributed by atoms with van der Waals surface area (Å²) in [6.45, 7) is 9.05. The molecule has 1 aliphatic heterocycles. The standard InChI is InChI=1S/C29H38N2O2S/c1-5-9-10-11-12-23-18-26-25(29(6-2,7-3)15-16-34-26)17-24(23)14-13-22-20-30-27(31-21-22)19-28(32)33-8-4/h17-18,20-21H,5-12,15-16,19H2,1-4H3. The molecule has 2 heterocycles. The maximum absolute atomic E-state index is 11.7. The van der Waals surface area contributed by atoms with E-state index in [-0.39, 0.29) is 17.8 Å². The molecule has 3 rings (SSSR count). The van der Waals surface area contributed by atoms with Crippen molar-refractivity contribution in [3.63, 3.8) is 0 Å². The lowest BCUT2D eigenvalue weighted by atomic mass is 9.72. The van der Waals surface area contributed by atoms with Crippen LogP contribution in [0.25, 0.3) is 0 Å². The zero-order valence-corrected chi connectivity index (χ0v) is 22.0. The van der Waals surface area contributed by atoms with E-state index in [0.29, 0.717) is 12.4 Å². The number of benzene rings is 1. The van der Waals surface area contributed by atoms with Crippen LogP contribution in [-0.2, 0) is 27.8 Å². The highest BCUT2D eigenvalue weighted by Gasteiger charge is 2.34. The predicted octanol–water partition coefficient (Wildman–Crippen LogP) is 6.66. The first kappa shape index (κ1) is 26.3. The molecule has 0 fully saturated rings. The number of unbranched alkanes of at least 4 members (excludes halogenated alkanes) is 3. The number of esters is 1. The molecular weight excluding hydrogens is 440 g/mol. The van der Waals surface area contributed by atoms with Crippen LogP contribution in [-0.4, -0.2) is 28.3 Å². The third-order valence-electron chi connectivity index (χ3n) is 6.92. The smallest absolute Gasteiger partial charge is 0.313 e. The number of nitrogens with zero attached hydrogens (tertiary/aromatic N) is 2. The molecule has 0 N–H and O–H groups in total. The van der Waals surface area contributed by atoms with Crippen molar-refractivity contribution in [3.05, 3.63) is 52.6 Å². The number of aromatic nitrogens is 2. The second kappa shape index (κ2) is 13.0. The van der Waals surface area contributed by atoms with Gasteiger partial charge in [0, 0.05) is 22.9 Å². The minimum Gasteiger partial charge on any atom is -0.466 e. The fourth-order valence-electron chi connectivity index (χ4n) is 4.69. The van der Waals surface area contributed by atoms with Crippen molar-refractivity contribution < 1.29 is 9.53 Å². The van der Waals surface area contributed by atoms with E-state index in [1.54, 1.807) is 19.3 Å². The summed E-state index contributed by atoms with van der Waals surface area (Å²) < 4.78 is 4.97. The number of carbonyl (C=O) groups excluding carboxylic acids is 1. The molecule has 1 aromatic carbocycles. The molecule has 1 aliphatic rings. The SMILES string of the molecule is CCCCCCc1cc2c(cc1C#Cc1cnc(CC(=O)OCC)nc1)C(CC)(CC)CCS2. The van der Waals surface area contributed by atoms with Crippen molar-refractivity contribution in [2.24, 2.45) is 0 Å². The molecule has 4 nitrogen and oxygen atoms in total. The third-order valence-corrected chi connectivity index (χ3v) is 7.98. The summed E-state index contributed by atoms with van der Waals surface area (Å²) in [6.07, 6.45) is 13.1. The predicted molar refractivity (Wildman–Crippen MR) is 140 cm³/mol. The van der Waals surface area contributed by atoms with Crippen molar-refractivity contribution in [3.8, 4) is 11.8 Å². The maximum atomic E-state index is 11.7. The van der Waals surface area contributed by atoms with E-state index < -0.39 is 0 Å². The molecule has 1 aromatic heterocycles. The van der Waals surface area contributed by atoms with Crippen LogP contribution in [0.5, 0.6) is 0 Å². The van der Waals surface area contributed by atoms with Crippen molar-refractivity contribution in [1.29, 1.82) is 0 Å². The summed E-state index contributed by atoms with van der Waals surface area (Å²) in [5.41, 5.74) is 5.00. The summed E-state index contributed by atoms with van der Waals surface area (Å²) in [4.78, 5) is 21.7. The van der Waals surface area contributed by atoms with E-state index >= 15 is 0 Å². The molecule has 0 amide bonds. The fraction of sp³-hybridized carbons (Fsp3) is 0.552. The molecule has 5 heteroatoms. The Morgan fingerprint density at radius 3 is 2.50 bits per heavy atom. The van der Waals surface area contributed by atoms with Gasteiger partial charge in [-0.1, -0.05) is 51.9 Å². The topological polar surface area (TPSA) is 52.1 Å². The van der Waals surface area contributed by atoms with Gasteiger partial charge in [-0.2, -0.15) is 0 Å². The molecule has 34 heavy (non-hydrogen) atoms. The molecule has 0 unspecified atom stereocenters. The number of aryl methyl sites for hydroxylation is 1. The number of hydrogen-bond acceptors (Lipinski definition) is 5. The van der Waals surface area contributed by atoms with Crippen LogP contribution >= 0.6 is 11.8 Å². The molecule has 0 radical (unpaired) electrons. The number of ether oxygens (including phenoxy) is 1. The minimum absolute atomic E-state index is 0.0854. The van der Waals surface area contributed by atoms with Gasteiger partial charge in [0.05, 0.1) is 12.2 Å². The van der Waals surface area contributed by atoms with Gasteiger partial charge >= 0.3 is 5.97 Å². The molecule has 0 bridgehead atoms. The van der Waals surface area contributed by atoms with E-state index in [9.17, 15) is 4.79 Å². The van der Waals surface area contributed by atoms with Gasteiger partial charge in [0.25, 0.3) is 0 Å². The van der Waals surface area contributed by atoms with E-state index in [0.717, 1.165) is 30.4 Å². The zero-order chi connectivity index (χ0) is 24.4. The van der Waals surface area contributed by atoms with Crippen LogP contribution in [0, 0.1) is 11.8 Å². The summed E-state index contributed by atoms with van der Waals surface area (Å²) in [5.74, 6) is 8.09. The van der Waals surface area contributed by atoms with Gasteiger partial charge in [0.1, 0.15) is 12.2 Å². The lowest BCUT2D eigenvalue weighted by Crippen LogP contribution is -2.29. The first-order valence-corrected chi connectivity index (χ1v) is 13.8. The maximum Gasteiger partial charge on any atom is 0.313 e. The Labute approximate surface area is 209 Å². The van der Waals surface area contributed by atoms with Crippen molar-refractivity contribution >= 4 is 17.7 Å². The Morgan fingerprint density at radius 1 is 1.06 bits per heavy atom.